The van der Waals surface area contributed by atoms with Gasteiger partial charge < -0.3 is 28.6 Å². The van der Waals surface area contributed by atoms with Crippen molar-refractivity contribution in [1.82, 2.24) is 24.0 Å². The fraction of sp³-hybridized carbons (Fsp3) is 0.342. The van der Waals surface area contributed by atoms with Crippen molar-refractivity contribution in [2.45, 2.75) is 64.3 Å². The van der Waals surface area contributed by atoms with Crippen LogP contribution in [-0.2, 0) is 48.1 Å². The normalized spacial score (nSPS) is 21.3. The second kappa shape index (κ2) is 15.8. The third-order valence-corrected chi connectivity index (χ3v) is 8.76. The predicted octanol–water partition coefficient (Wildman–Crippen LogP) is 4.94. The third kappa shape index (κ3) is 7.76. The molecule has 2 aliphatic rings. The van der Waals surface area contributed by atoms with E-state index in [4.69, 9.17) is 33.7 Å². The second-order valence-corrected chi connectivity index (χ2v) is 12.3. The Bertz CT molecular complexity index is 1960. The molecular weight excluding hydrogens is 652 g/mol. The van der Waals surface area contributed by atoms with Crippen LogP contribution in [0.2, 0.25) is 0 Å². The number of rotatable bonds is 14. The molecule has 4 heterocycles. The number of aromatic nitrogens is 4. The van der Waals surface area contributed by atoms with Crippen LogP contribution in [0.25, 0.3) is 11.2 Å². The highest BCUT2D eigenvalue weighted by atomic mass is 16.8. The van der Waals surface area contributed by atoms with E-state index in [1.807, 2.05) is 73.7 Å². The van der Waals surface area contributed by atoms with E-state index in [1.165, 1.54) is 17.8 Å². The molecule has 5 aromatic rings. The first-order chi connectivity index (χ1) is 25.0. The molecule has 51 heavy (non-hydrogen) atoms. The first-order valence-electron chi connectivity index (χ1n) is 17.0. The lowest BCUT2D eigenvalue weighted by Crippen LogP contribution is -2.32. The zero-order valence-electron chi connectivity index (χ0n) is 28.5. The quantitative estimate of drug-likeness (QED) is 0.0683. The highest BCUT2D eigenvalue weighted by Gasteiger charge is 2.54. The van der Waals surface area contributed by atoms with Gasteiger partial charge in [0.2, 0.25) is 5.95 Å². The number of carbonyl (C=O) groups excluding carboxylic acids is 1. The van der Waals surface area contributed by atoms with Crippen molar-refractivity contribution in [2.24, 2.45) is 4.99 Å². The van der Waals surface area contributed by atoms with E-state index in [1.54, 1.807) is 10.9 Å². The van der Waals surface area contributed by atoms with Crippen molar-refractivity contribution in [2.75, 3.05) is 19.8 Å². The van der Waals surface area contributed by atoms with Gasteiger partial charge in [0.05, 0.1) is 25.8 Å². The van der Waals surface area contributed by atoms with Gasteiger partial charge in [-0.3, -0.25) is 18.7 Å². The molecule has 2 saturated heterocycles. The van der Waals surface area contributed by atoms with E-state index in [-0.39, 0.29) is 35.8 Å². The van der Waals surface area contributed by atoms with Gasteiger partial charge in [0.1, 0.15) is 24.9 Å². The summed E-state index contributed by atoms with van der Waals surface area (Å²) in [5.74, 6) is -0.243. The van der Waals surface area contributed by atoms with Gasteiger partial charge in [-0.05, 0) is 18.1 Å². The Kier molecular flexibility index (Phi) is 10.6. The number of carbonyl (C=O) groups is 1. The van der Waals surface area contributed by atoms with Gasteiger partial charge >= 0.3 is 5.97 Å². The van der Waals surface area contributed by atoms with Crippen molar-refractivity contribution in [3.05, 3.63) is 124 Å². The van der Waals surface area contributed by atoms with Gasteiger partial charge in [-0.25, -0.2) is 9.98 Å². The molecule has 0 saturated carbocycles. The molecule has 13 heteroatoms. The maximum absolute atomic E-state index is 14.1. The number of imidazole rings is 1. The van der Waals surface area contributed by atoms with Crippen LogP contribution >= 0.6 is 0 Å². The van der Waals surface area contributed by atoms with Crippen molar-refractivity contribution in [1.29, 1.82) is 0 Å². The lowest BCUT2D eigenvalue weighted by Gasteiger charge is -2.21. The number of hydrogen-bond donors (Lipinski definition) is 0. The number of ether oxygens (including phenoxy) is 5. The number of nitrogens with zero attached hydrogens (tertiary/aromatic N) is 6. The Hall–Kier alpha value is -5.21. The summed E-state index contributed by atoms with van der Waals surface area (Å²) in [4.78, 5) is 42.1. The molecule has 3 aromatic carbocycles. The zero-order valence-corrected chi connectivity index (χ0v) is 28.5. The number of hydrogen-bond acceptors (Lipinski definition) is 10. The van der Waals surface area contributed by atoms with Crippen LogP contribution in [0, 0.1) is 0 Å². The van der Waals surface area contributed by atoms with Gasteiger partial charge in [-0.15, -0.1) is 0 Å². The van der Waals surface area contributed by atoms with Crippen LogP contribution in [0.5, 0.6) is 0 Å². The van der Waals surface area contributed by atoms with Crippen molar-refractivity contribution >= 4 is 29.4 Å². The number of aliphatic imine (C=N–C) groups is 1. The molecule has 0 aliphatic carbocycles. The summed E-state index contributed by atoms with van der Waals surface area (Å²) in [6.45, 7) is 5.42. The molecule has 7 rings (SSSR count). The molecule has 264 valence electrons. The monoisotopic (exact) mass is 692 g/mol. The van der Waals surface area contributed by atoms with Crippen molar-refractivity contribution < 1.29 is 28.5 Å². The van der Waals surface area contributed by atoms with Gasteiger partial charge in [0.15, 0.2) is 23.7 Å². The summed E-state index contributed by atoms with van der Waals surface area (Å²) in [7, 11) is 0. The third-order valence-electron chi connectivity index (χ3n) is 8.76. The van der Waals surface area contributed by atoms with Gasteiger partial charge in [-0.1, -0.05) is 91.0 Å². The second-order valence-electron chi connectivity index (χ2n) is 12.3. The van der Waals surface area contributed by atoms with Crippen LogP contribution in [-0.4, -0.2) is 74.4 Å². The lowest BCUT2D eigenvalue weighted by molar-refractivity contribution is -0.165. The number of esters is 1. The number of fused-ring (bicyclic) bond motifs is 2. The van der Waals surface area contributed by atoms with Crippen molar-refractivity contribution in [3.8, 4) is 0 Å². The van der Waals surface area contributed by atoms with E-state index in [2.05, 4.69) is 34.1 Å². The average molecular weight is 693 g/mol. The molecule has 0 spiro atoms. The van der Waals surface area contributed by atoms with E-state index in [0.717, 1.165) is 16.7 Å². The molecule has 2 fully saturated rings. The standard InChI is InChI=1S/C38H40N6O7/c1-3-47-20-19-43-35(46)31-34(41-38(43)40-24-42(21-27-13-7-4-8-14-27)22-28-15-9-5-10-16-28)44(25-39-31)36-33-32(30(49-36)23-48-26(2)45)50-37(51-33)29-17-11-6-12-18-29/h4-18,24-25,30,32-33,36-37H,3,19-23H2,1-2H3/b40-24+/t30-,32-,33-,36-,37?/m1/s1. The summed E-state index contributed by atoms with van der Waals surface area (Å²) < 4.78 is 33.3. The highest BCUT2D eigenvalue weighted by Crippen LogP contribution is 2.44. The van der Waals surface area contributed by atoms with Crippen LogP contribution in [0.15, 0.2) is 107 Å². The summed E-state index contributed by atoms with van der Waals surface area (Å²) in [5.41, 5.74) is 3.13. The average Bonchev–Trinajstić information content (AvgIpc) is 3.86. The first kappa shape index (κ1) is 34.2. The summed E-state index contributed by atoms with van der Waals surface area (Å²) >= 11 is 0. The predicted molar refractivity (Wildman–Crippen MR) is 188 cm³/mol. The number of benzene rings is 3. The van der Waals surface area contributed by atoms with Gasteiger partial charge in [0.25, 0.3) is 5.56 Å². The molecule has 0 N–H and O–H groups in total. The van der Waals surface area contributed by atoms with Gasteiger partial charge in [-0.2, -0.15) is 4.98 Å². The van der Waals surface area contributed by atoms with E-state index in [0.29, 0.717) is 26.3 Å². The molecule has 2 aromatic heterocycles. The first-order valence-corrected chi connectivity index (χ1v) is 17.0. The molecule has 2 aliphatic heterocycles. The van der Waals surface area contributed by atoms with Crippen LogP contribution in [0.4, 0.5) is 5.95 Å². The highest BCUT2D eigenvalue weighted by molar-refractivity contribution is 5.72. The fourth-order valence-electron chi connectivity index (χ4n) is 6.34. The summed E-state index contributed by atoms with van der Waals surface area (Å²) in [6.07, 6.45) is -0.0210. The Morgan fingerprint density at radius 2 is 1.57 bits per heavy atom. The molecule has 5 atom stereocenters. The maximum atomic E-state index is 14.1. The minimum Gasteiger partial charge on any atom is -0.463 e. The smallest absolute Gasteiger partial charge is 0.302 e. The Balaban J connectivity index is 1.25. The topological polar surface area (TPSA) is 132 Å². The molecule has 13 nitrogen and oxygen atoms in total. The van der Waals surface area contributed by atoms with Crippen LogP contribution in [0.3, 0.4) is 0 Å². The van der Waals surface area contributed by atoms with Crippen LogP contribution in [0.1, 0.15) is 43.1 Å². The largest absolute Gasteiger partial charge is 0.463 e. The van der Waals surface area contributed by atoms with Crippen molar-refractivity contribution in [3.63, 3.8) is 0 Å². The van der Waals surface area contributed by atoms with E-state index in [9.17, 15) is 9.59 Å². The summed E-state index contributed by atoms with van der Waals surface area (Å²) in [5, 5.41) is 0. The molecular formula is C38H40N6O7. The Morgan fingerprint density at radius 1 is 0.922 bits per heavy atom. The molecule has 0 radical (unpaired) electrons. The Morgan fingerprint density at radius 3 is 2.22 bits per heavy atom. The van der Waals surface area contributed by atoms with E-state index < -0.39 is 36.8 Å². The van der Waals surface area contributed by atoms with Gasteiger partial charge in [0, 0.05) is 32.2 Å². The lowest BCUT2D eigenvalue weighted by atomic mass is 10.1. The fourth-order valence-corrected chi connectivity index (χ4v) is 6.34. The molecule has 1 unspecified atom stereocenters. The maximum Gasteiger partial charge on any atom is 0.302 e. The minimum atomic E-state index is -0.787. The minimum absolute atomic E-state index is 0.0314. The Labute approximate surface area is 295 Å². The molecule has 0 bridgehead atoms. The molecule has 0 amide bonds. The summed E-state index contributed by atoms with van der Waals surface area (Å²) in [6, 6.07) is 29.8. The van der Waals surface area contributed by atoms with E-state index >= 15 is 0 Å². The van der Waals surface area contributed by atoms with Crippen LogP contribution < -0.4 is 5.56 Å². The zero-order chi connectivity index (χ0) is 35.2. The SMILES string of the molecule is CCOCCn1c(/N=C/N(Cc2ccccc2)Cc2ccccc2)nc2c(ncn2[C@@H]2O[C@H](COC(C)=O)[C@H]3OC(c4ccccc4)O[C@H]32)c1=O.